The minimum absolute atomic E-state index is 0.0807. The lowest BCUT2D eigenvalue weighted by molar-refractivity contribution is -0.121. The highest BCUT2D eigenvalue weighted by molar-refractivity contribution is 6.21. The van der Waals surface area contributed by atoms with E-state index in [-0.39, 0.29) is 30.7 Å². The maximum Gasteiger partial charge on any atom is 0.261 e. The molecule has 2 heterocycles. The van der Waals surface area contributed by atoms with Crippen LogP contribution in [0.1, 0.15) is 44.7 Å². The molecule has 1 saturated heterocycles. The monoisotopic (exact) mass is 496 g/mol. The summed E-state index contributed by atoms with van der Waals surface area (Å²) in [6.45, 7) is 5.54. The largest absolute Gasteiger partial charge is 0.369 e. The van der Waals surface area contributed by atoms with Crippen LogP contribution in [-0.4, -0.2) is 60.2 Å². The first-order chi connectivity index (χ1) is 18.1. The molecule has 7 nitrogen and oxygen atoms in total. The van der Waals surface area contributed by atoms with E-state index in [2.05, 4.69) is 51.5 Å². The van der Waals surface area contributed by atoms with Crippen molar-refractivity contribution in [3.8, 4) is 0 Å². The number of nitrogens with one attached hydrogen (secondary N) is 1. The van der Waals surface area contributed by atoms with Gasteiger partial charge in [0.25, 0.3) is 11.8 Å². The van der Waals surface area contributed by atoms with E-state index in [9.17, 15) is 14.4 Å². The predicted octanol–water partition coefficient (Wildman–Crippen LogP) is 3.70. The minimum atomic E-state index is -0.278. The molecule has 1 fully saturated rings. The Morgan fingerprint density at radius 3 is 2.00 bits per heavy atom. The molecule has 7 heteroatoms. The summed E-state index contributed by atoms with van der Waals surface area (Å²) < 4.78 is 0. The van der Waals surface area contributed by atoms with Gasteiger partial charge in [0, 0.05) is 57.9 Å². The molecule has 5 rings (SSSR count). The SMILES string of the molecule is O=C(CCCN1C(=O)c2ccccc2C1=O)NCc1ccccc1CN1CCN(c2ccccc2)CC1. The molecular weight excluding hydrogens is 464 g/mol. The van der Waals surface area contributed by atoms with E-state index in [1.165, 1.54) is 16.2 Å². The lowest BCUT2D eigenvalue weighted by atomic mass is 10.1. The average molecular weight is 497 g/mol. The second kappa shape index (κ2) is 11.4. The van der Waals surface area contributed by atoms with Crippen molar-refractivity contribution in [3.05, 3.63) is 101 Å². The van der Waals surface area contributed by atoms with E-state index in [1.54, 1.807) is 24.3 Å². The molecule has 2 aliphatic rings. The highest BCUT2D eigenvalue weighted by atomic mass is 16.2. The number of piperazine rings is 1. The van der Waals surface area contributed by atoms with Crippen LogP contribution in [0.5, 0.6) is 0 Å². The van der Waals surface area contributed by atoms with Crippen molar-refractivity contribution in [2.45, 2.75) is 25.9 Å². The van der Waals surface area contributed by atoms with Crippen molar-refractivity contribution in [1.29, 1.82) is 0 Å². The number of amides is 3. The molecule has 0 radical (unpaired) electrons. The quantitative estimate of drug-likeness (QED) is 0.458. The molecule has 0 aliphatic carbocycles. The van der Waals surface area contributed by atoms with Crippen LogP contribution in [0.3, 0.4) is 0 Å². The molecule has 2 aliphatic heterocycles. The van der Waals surface area contributed by atoms with Crippen LogP contribution in [0.15, 0.2) is 78.9 Å². The van der Waals surface area contributed by atoms with Gasteiger partial charge in [-0.25, -0.2) is 0 Å². The van der Waals surface area contributed by atoms with Gasteiger partial charge in [0.1, 0.15) is 0 Å². The lowest BCUT2D eigenvalue weighted by Gasteiger charge is -2.36. The Balaban J connectivity index is 1.07. The van der Waals surface area contributed by atoms with Gasteiger partial charge < -0.3 is 10.2 Å². The van der Waals surface area contributed by atoms with Gasteiger partial charge in [-0.2, -0.15) is 0 Å². The van der Waals surface area contributed by atoms with Gasteiger partial charge in [-0.3, -0.25) is 24.2 Å². The van der Waals surface area contributed by atoms with Gasteiger partial charge in [-0.15, -0.1) is 0 Å². The summed E-state index contributed by atoms with van der Waals surface area (Å²) in [6.07, 6.45) is 0.696. The molecule has 1 N–H and O–H groups in total. The Morgan fingerprint density at radius 1 is 0.730 bits per heavy atom. The number of imide groups is 1. The number of fused-ring (bicyclic) bond motifs is 1. The molecule has 0 atom stereocenters. The van der Waals surface area contributed by atoms with Crippen LogP contribution in [0, 0.1) is 0 Å². The first-order valence-corrected chi connectivity index (χ1v) is 12.9. The molecule has 3 aromatic carbocycles. The van der Waals surface area contributed by atoms with Crippen molar-refractivity contribution < 1.29 is 14.4 Å². The van der Waals surface area contributed by atoms with Crippen LogP contribution >= 0.6 is 0 Å². The molecule has 0 spiro atoms. The Labute approximate surface area is 217 Å². The van der Waals surface area contributed by atoms with Crippen molar-refractivity contribution >= 4 is 23.4 Å². The van der Waals surface area contributed by atoms with Crippen molar-refractivity contribution in [1.82, 2.24) is 15.1 Å². The van der Waals surface area contributed by atoms with E-state index < -0.39 is 0 Å². The third-order valence-corrected chi connectivity index (χ3v) is 7.15. The van der Waals surface area contributed by atoms with Gasteiger partial charge in [0.2, 0.25) is 5.91 Å². The molecule has 0 bridgehead atoms. The Morgan fingerprint density at radius 2 is 1.32 bits per heavy atom. The average Bonchev–Trinajstić information content (AvgIpc) is 3.18. The van der Waals surface area contributed by atoms with E-state index in [4.69, 9.17) is 0 Å². The molecule has 0 saturated carbocycles. The molecule has 3 aromatic rings. The summed E-state index contributed by atoms with van der Waals surface area (Å²) in [5, 5.41) is 3.02. The smallest absolute Gasteiger partial charge is 0.261 e. The summed E-state index contributed by atoms with van der Waals surface area (Å²) in [6, 6.07) is 25.6. The normalized spacial score (nSPS) is 15.7. The van der Waals surface area contributed by atoms with Crippen LogP contribution in [-0.2, 0) is 17.9 Å². The summed E-state index contributed by atoms with van der Waals surface area (Å²) in [5.41, 5.74) is 4.49. The van der Waals surface area contributed by atoms with Crippen LogP contribution < -0.4 is 10.2 Å². The van der Waals surface area contributed by atoms with E-state index in [1.807, 2.05) is 18.2 Å². The number of anilines is 1. The fourth-order valence-corrected chi connectivity index (χ4v) is 5.05. The predicted molar refractivity (Wildman–Crippen MR) is 143 cm³/mol. The fraction of sp³-hybridized carbons (Fsp3) is 0.300. The van der Waals surface area contributed by atoms with E-state index >= 15 is 0 Å². The van der Waals surface area contributed by atoms with Crippen LogP contribution in [0.4, 0.5) is 5.69 Å². The van der Waals surface area contributed by atoms with Gasteiger partial charge in [0.15, 0.2) is 0 Å². The molecular formula is C30H32N4O3. The van der Waals surface area contributed by atoms with Crippen molar-refractivity contribution in [2.24, 2.45) is 0 Å². The Kier molecular flexibility index (Phi) is 7.61. The van der Waals surface area contributed by atoms with Gasteiger partial charge in [-0.1, -0.05) is 54.6 Å². The number of carbonyl (C=O) groups excluding carboxylic acids is 3. The molecule has 0 unspecified atom stereocenters. The summed E-state index contributed by atoms with van der Waals surface area (Å²) in [4.78, 5) is 43.6. The topological polar surface area (TPSA) is 73.0 Å². The lowest BCUT2D eigenvalue weighted by Crippen LogP contribution is -2.46. The third kappa shape index (κ3) is 5.73. The van der Waals surface area contributed by atoms with E-state index in [0.29, 0.717) is 24.1 Å². The first kappa shape index (κ1) is 24.7. The van der Waals surface area contributed by atoms with Crippen molar-refractivity contribution in [3.63, 3.8) is 0 Å². The van der Waals surface area contributed by atoms with E-state index in [0.717, 1.165) is 38.3 Å². The molecule has 3 amide bonds. The third-order valence-electron chi connectivity index (χ3n) is 7.15. The number of hydrogen-bond acceptors (Lipinski definition) is 5. The van der Waals surface area contributed by atoms with Gasteiger partial charge in [0.05, 0.1) is 11.1 Å². The first-order valence-electron chi connectivity index (χ1n) is 12.9. The number of hydrogen-bond donors (Lipinski definition) is 1. The maximum atomic E-state index is 12.5. The van der Waals surface area contributed by atoms with Crippen LogP contribution in [0.25, 0.3) is 0 Å². The zero-order chi connectivity index (χ0) is 25.6. The zero-order valence-corrected chi connectivity index (χ0v) is 20.9. The number of rotatable bonds is 9. The van der Waals surface area contributed by atoms with Gasteiger partial charge in [-0.05, 0) is 41.8 Å². The molecule has 0 aromatic heterocycles. The number of nitrogens with zero attached hydrogens (tertiary/aromatic N) is 3. The number of carbonyl (C=O) groups is 3. The fourth-order valence-electron chi connectivity index (χ4n) is 5.05. The minimum Gasteiger partial charge on any atom is -0.369 e. The zero-order valence-electron chi connectivity index (χ0n) is 20.9. The summed E-state index contributed by atoms with van der Waals surface area (Å²) in [7, 11) is 0. The second-order valence-corrected chi connectivity index (χ2v) is 9.56. The Hall–Kier alpha value is -3.97. The van der Waals surface area contributed by atoms with Crippen molar-refractivity contribution in [2.75, 3.05) is 37.6 Å². The highest BCUT2D eigenvalue weighted by Crippen LogP contribution is 2.23. The molecule has 190 valence electrons. The highest BCUT2D eigenvalue weighted by Gasteiger charge is 2.34. The second-order valence-electron chi connectivity index (χ2n) is 9.56. The maximum absolute atomic E-state index is 12.5. The number of para-hydroxylation sites is 1. The van der Waals surface area contributed by atoms with Crippen LogP contribution in [0.2, 0.25) is 0 Å². The Bertz CT molecular complexity index is 1230. The van der Waals surface area contributed by atoms with Gasteiger partial charge >= 0.3 is 0 Å². The molecule has 37 heavy (non-hydrogen) atoms. The summed E-state index contributed by atoms with van der Waals surface area (Å²) in [5.74, 6) is -0.637. The summed E-state index contributed by atoms with van der Waals surface area (Å²) >= 11 is 0. The standard InChI is InChI=1S/C30H32N4O3/c35-28(15-8-16-34-29(36)26-13-6-7-14-27(26)30(34)37)31-21-23-9-4-5-10-24(23)22-32-17-19-33(20-18-32)25-11-2-1-3-12-25/h1-7,9-14H,8,15-22H2,(H,31,35). The number of benzene rings is 3.